The first-order valence-corrected chi connectivity index (χ1v) is 2.85. The van der Waals surface area contributed by atoms with E-state index in [9.17, 15) is 0 Å². The van der Waals surface area contributed by atoms with Crippen LogP contribution in [0.4, 0.5) is 0 Å². The third-order valence-electron chi connectivity index (χ3n) is 1.21. The normalized spacial score (nSPS) is 17.6. The van der Waals surface area contributed by atoms with Crippen molar-refractivity contribution < 1.29 is 0 Å². The number of nitrogens with zero attached hydrogens (tertiary/aromatic N) is 1. The summed E-state index contributed by atoms with van der Waals surface area (Å²) in [6.45, 7) is 6.49. The predicted octanol–water partition coefficient (Wildman–Crippen LogP) is 2.00. The second-order valence-electron chi connectivity index (χ2n) is 3.08. The molecular weight excluding hydrogens is 98.1 g/mol. The Morgan fingerprint density at radius 3 is 1.88 bits per heavy atom. The van der Waals surface area contributed by atoms with E-state index in [0.717, 1.165) is 0 Å². The van der Waals surface area contributed by atoms with Crippen LogP contribution in [-0.4, -0.2) is 5.71 Å². The highest BCUT2D eigenvalue weighted by Gasteiger charge is 2.18. The highest BCUT2D eigenvalue weighted by atomic mass is 14.8. The van der Waals surface area contributed by atoms with Crippen molar-refractivity contribution in [2.45, 2.75) is 20.8 Å². The molecule has 0 atom stereocenters. The van der Waals surface area contributed by atoms with Crippen LogP contribution >= 0.6 is 0 Å². The van der Waals surface area contributed by atoms with Crippen LogP contribution < -0.4 is 0 Å². The Morgan fingerprint density at radius 1 is 1.38 bits per heavy atom. The lowest BCUT2D eigenvalue weighted by Crippen LogP contribution is -2.20. The van der Waals surface area contributed by atoms with Crippen molar-refractivity contribution in [2.24, 2.45) is 10.4 Å². The lowest BCUT2D eigenvalue weighted by atomic mass is 9.88. The van der Waals surface area contributed by atoms with Gasteiger partial charge in [0.05, 0.1) is 0 Å². The summed E-state index contributed by atoms with van der Waals surface area (Å²) in [5.74, 6) is 0. The summed E-state index contributed by atoms with van der Waals surface area (Å²) in [5.41, 5.74) is 1.46. The zero-order valence-corrected chi connectivity index (χ0v) is 5.60. The Balaban J connectivity index is 2.61. The topological polar surface area (TPSA) is 12.4 Å². The average Bonchev–Trinajstić information content (AvgIpc) is 1.16. The number of hydrogen-bond acceptors (Lipinski definition) is 1. The maximum Gasteiger partial charge on any atom is 0.0472 e. The second kappa shape index (κ2) is 1.44. The molecule has 1 nitrogen and oxygen atoms in total. The molecule has 0 aromatic rings. The second-order valence-corrected chi connectivity index (χ2v) is 3.08. The minimum Gasteiger partial charge on any atom is -0.261 e. The van der Waals surface area contributed by atoms with Gasteiger partial charge in [0.2, 0.25) is 0 Å². The van der Waals surface area contributed by atoms with Crippen molar-refractivity contribution >= 4 is 5.71 Å². The molecule has 1 aliphatic heterocycles. The van der Waals surface area contributed by atoms with Gasteiger partial charge in [0, 0.05) is 17.3 Å². The SMILES string of the molecule is CC(C)(C)C1=NC=C1. The molecule has 0 aromatic carbocycles. The summed E-state index contributed by atoms with van der Waals surface area (Å²) in [7, 11) is 0. The van der Waals surface area contributed by atoms with Crippen LogP contribution in [-0.2, 0) is 0 Å². The van der Waals surface area contributed by atoms with Crippen molar-refractivity contribution in [1.29, 1.82) is 0 Å². The Morgan fingerprint density at radius 2 is 1.88 bits per heavy atom. The molecule has 0 amide bonds. The minimum atomic E-state index is 0.259. The standard InChI is InChI=1S/C7H11N/c1-7(2,3)6-4-5-8-6/h4-5H,1-3H3. The molecule has 1 heteroatoms. The first kappa shape index (κ1) is 5.54. The molecule has 0 saturated carbocycles. The molecule has 0 saturated heterocycles. The fraction of sp³-hybridized carbons (Fsp3) is 0.571. The smallest absolute Gasteiger partial charge is 0.0472 e. The van der Waals surface area contributed by atoms with E-state index in [2.05, 4.69) is 31.8 Å². The van der Waals surface area contributed by atoms with Crippen LogP contribution in [0.2, 0.25) is 0 Å². The maximum absolute atomic E-state index is 4.08. The fourth-order valence-electron chi connectivity index (χ4n) is 0.593. The molecule has 0 aliphatic carbocycles. The van der Waals surface area contributed by atoms with Crippen LogP contribution in [0.3, 0.4) is 0 Å². The van der Waals surface area contributed by atoms with Gasteiger partial charge in [-0.05, 0) is 6.08 Å². The lowest BCUT2D eigenvalue weighted by Gasteiger charge is -2.21. The molecule has 0 radical (unpaired) electrons. The molecule has 44 valence electrons. The minimum absolute atomic E-state index is 0.259. The molecule has 0 unspecified atom stereocenters. The molecule has 0 spiro atoms. The van der Waals surface area contributed by atoms with Crippen molar-refractivity contribution in [3.05, 3.63) is 12.3 Å². The Hall–Kier alpha value is -0.590. The van der Waals surface area contributed by atoms with E-state index in [1.54, 1.807) is 0 Å². The maximum atomic E-state index is 4.08. The first-order chi connectivity index (χ1) is 3.61. The third kappa shape index (κ3) is 0.808. The van der Waals surface area contributed by atoms with Gasteiger partial charge in [-0.1, -0.05) is 20.8 Å². The molecule has 0 bridgehead atoms. The van der Waals surface area contributed by atoms with Gasteiger partial charge in [0.1, 0.15) is 0 Å². The lowest BCUT2D eigenvalue weighted by molar-refractivity contribution is 0.591. The summed E-state index contributed by atoms with van der Waals surface area (Å²) < 4.78 is 0. The van der Waals surface area contributed by atoms with Crippen LogP contribution in [0.5, 0.6) is 0 Å². The highest BCUT2D eigenvalue weighted by molar-refractivity contribution is 6.02. The van der Waals surface area contributed by atoms with Crippen LogP contribution in [0.1, 0.15) is 20.8 Å². The van der Waals surface area contributed by atoms with Crippen molar-refractivity contribution in [3.8, 4) is 0 Å². The van der Waals surface area contributed by atoms with Crippen LogP contribution in [0.15, 0.2) is 17.3 Å². The summed E-state index contributed by atoms with van der Waals surface area (Å²) in [5, 5.41) is 0. The Kier molecular flexibility index (Phi) is 0.999. The summed E-state index contributed by atoms with van der Waals surface area (Å²) >= 11 is 0. The van der Waals surface area contributed by atoms with Gasteiger partial charge < -0.3 is 0 Å². The van der Waals surface area contributed by atoms with Gasteiger partial charge in [-0.15, -0.1) is 0 Å². The van der Waals surface area contributed by atoms with E-state index < -0.39 is 0 Å². The summed E-state index contributed by atoms with van der Waals surface area (Å²) in [6.07, 6.45) is 3.89. The molecular formula is C7H11N. The van der Waals surface area contributed by atoms with E-state index in [1.807, 2.05) is 6.20 Å². The highest BCUT2D eigenvalue weighted by Crippen LogP contribution is 2.20. The molecule has 1 aliphatic rings. The molecule has 0 aromatic heterocycles. The Labute approximate surface area is 50.1 Å². The molecule has 0 N–H and O–H groups in total. The predicted molar refractivity (Wildman–Crippen MR) is 36.0 cm³/mol. The van der Waals surface area contributed by atoms with Gasteiger partial charge in [-0.3, -0.25) is 4.99 Å². The van der Waals surface area contributed by atoms with Gasteiger partial charge >= 0.3 is 0 Å². The van der Waals surface area contributed by atoms with Gasteiger partial charge in [-0.2, -0.15) is 0 Å². The van der Waals surface area contributed by atoms with Crippen LogP contribution in [0, 0.1) is 5.41 Å². The number of rotatable bonds is 0. The van der Waals surface area contributed by atoms with Crippen molar-refractivity contribution in [1.82, 2.24) is 0 Å². The van der Waals surface area contributed by atoms with Crippen LogP contribution in [0.25, 0.3) is 0 Å². The van der Waals surface area contributed by atoms with Gasteiger partial charge in [0.15, 0.2) is 0 Å². The summed E-state index contributed by atoms with van der Waals surface area (Å²) in [4.78, 5) is 4.08. The quantitative estimate of drug-likeness (QED) is 0.451. The number of hydrogen-bond donors (Lipinski definition) is 0. The van der Waals surface area contributed by atoms with E-state index in [-0.39, 0.29) is 5.41 Å². The monoisotopic (exact) mass is 109 g/mol. The van der Waals surface area contributed by atoms with Crippen molar-refractivity contribution in [3.63, 3.8) is 0 Å². The van der Waals surface area contributed by atoms with Crippen molar-refractivity contribution in [2.75, 3.05) is 0 Å². The molecule has 1 rings (SSSR count). The number of allylic oxidation sites excluding steroid dienone is 1. The van der Waals surface area contributed by atoms with E-state index in [1.165, 1.54) is 5.71 Å². The average molecular weight is 109 g/mol. The van der Waals surface area contributed by atoms with E-state index in [0.29, 0.717) is 0 Å². The van der Waals surface area contributed by atoms with E-state index >= 15 is 0 Å². The van der Waals surface area contributed by atoms with Gasteiger partial charge in [0.25, 0.3) is 0 Å². The zero-order chi connectivity index (χ0) is 6.20. The number of aliphatic imine (C=N–C) groups is 1. The molecule has 8 heavy (non-hydrogen) atoms. The first-order valence-electron chi connectivity index (χ1n) is 2.85. The molecule has 0 fully saturated rings. The zero-order valence-electron chi connectivity index (χ0n) is 5.60. The third-order valence-corrected chi connectivity index (χ3v) is 1.21. The summed E-state index contributed by atoms with van der Waals surface area (Å²) in [6, 6.07) is 0. The largest absolute Gasteiger partial charge is 0.261 e. The van der Waals surface area contributed by atoms with E-state index in [4.69, 9.17) is 0 Å². The molecule has 1 heterocycles. The van der Waals surface area contributed by atoms with Gasteiger partial charge in [-0.25, -0.2) is 0 Å². The fourth-order valence-corrected chi connectivity index (χ4v) is 0.593. The Bertz CT molecular complexity index is 146.